The minimum absolute atomic E-state index is 0. The van der Waals surface area contributed by atoms with Gasteiger partial charge in [0.2, 0.25) is 0 Å². The molecule has 0 atom stereocenters. The van der Waals surface area contributed by atoms with Crippen molar-refractivity contribution in [3.05, 3.63) is 41.6 Å². The van der Waals surface area contributed by atoms with Crippen molar-refractivity contribution in [1.82, 2.24) is 0 Å². The molecule has 0 unspecified atom stereocenters. The van der Waals surface area contributed by atoms with Gasteiger partial charge in [0.05, 0.1) is 5.91 Å². The standard InChI is InChI=1S/C7H7NO.Pr/c8-7(9)6-4-2-1-3-5-6;/h1-5H,(H2,8,9);/p-1. The molecule has 0 bridgehead atoms. The number of rotatable bonds is 1. The van der Waals surface area contributed by atoms with E-state index in [9.17, 15) is 4.79 Å². The van der Waals surface area contributed by atoms with E-state index >= 15 is 0 Å². The number of benzene rings is 1. The SMILES string of the molecule is [NH-]C(=O)c1ccccc1.[Pr]. The first-order valence-electron chi connectivity index (χ1n) is 2.61. The van der Waals surface area contributed by atoms with E-state index in [2.05, 4.69) is 0 Å². The van der Waals surface area contributed by atoms with Crippen LogP contribution in [0.5, 0.6) is 0 Å². The average Bonchev–Trinajstić information content (AvgIpc) is 1.90. The summed E-state index contributed by atoms with van der Waals surface area (Å²) in [5.74, 6) is -0.629. The second-order valence-electron chi connectivity index (χ2n) is 1.70. The van der Waals surface area contributed by atoms with E-state index < -0.39 is 5.91 Å². The Balaban J connectivity index is 0.000000810. The van der Waals surface area contributed by atoms with Gasteiger partial charge in [-0.1, -0.05) is 30.3 Å². The molecule has 2 nitrogen and oxygen atoms in total. The number of hydrogen-bond donors (Lipinski definition) is 0. The van der Waals surface area contributed by atoms with Crippen LogP contribution in [0, 0.1) is 41.3 Å². The van der Waals surface area contributed by atoms with Crippen LogP contribution in [0.3, 0.4) is 0 Å². The van der Waals surface area contributed by atoms with E-state index in [1.165, 1.54) is 0 Å². The molecule has 1 aromatic carbocycles. The summed E-state index contributed by atoms with van der Waals surface area (Å²) in [5, 5.41) is 0. The minimum atomic E-state index is -0.629. The van der Waals surface area contributed by atoms with E-state index in [-0.39, 0.29) is 41.3 Å². The van der Waals surface area contributed by atoms with E-state index in [0.717, 1.165) is 0 Å². The first-order valence-corrected chi connectivity index (χ1v) is 2.61. The van der Waals surface area contributed by atoms with Crippen LogP contribution in [0.1, 0.15) is 10.4 Å². The maximum Gasteiger partial charge on any atom is 0.0796 e. The average molecular weight is 261 g/mol. The molecule has 0 spiro atoms. The van der Waals surface area contributed by atoms with Crippen LogP contribution in [-0.2, 0) is 0 Å². The molecular weight excluding hydrogens is 255 g/mol. The van der Waals surface area contributed by atoms with Crippen molar-refractivity contribution >= 4 is 5.91 Å². The van der Waals surface area contributed by atoms with Crippen molar-refractivity contribution in [1.29, 1.82) is 0 Å². The Hall–Kier alpha value is 0.0536. The predicted molar refractivity (Wildman–Crippen MR) is 35.1 cm³/mol. The quantitative estimate of drug-likeness (QED) is 0.760. The predicted octanol–water partition coefficient (Wildman–Crippen LogP) is 1.88. The van der Waals surface area contributed by atoms with Crippen LogP contribution < -0.4 is 0 Å². The fourth-order valence-electron chi connectivity index (χ4n) is 0.590. The van der Waals surface area contributed by atoms with Gasteiger partial charge in [-0.3, -0.25) is 0 Å². The van der Waals surface area contributed by atoms with Gasteiger partial charge in [-0.15, -0.1) is 0 Å². The van der Waals surface area contributed by atoms with Gasteiger partial charge in [-0.05, 0) is 5.56 Å². The molecule has 0 aliphatic carbocycles. The topological polar surface area (TPSA) is 40.9 Å². The molecule has 49 valence electrons. The fourth-order valence-corrected chi connectivity index (χ4v) is 0.590. The minimum Gasteiger partial charge on any atom is -0.664 e. The summed E-state index contributed by atoms with van der Waals surface area (Å²) >= 11 is 0. The largest absolute Gasteiger partial charge is 0.664 e. The van der Waals surface area contributed by atoms with Crippen LogP contribution in [0.15, 0.2) is 30.3 Å². The van der Waals surface area contributed by atoms with Crippen LogP contribution in [0.4, 0.5) is 0 Å². The number of hydrogen-bond acceptors (Lipinski definition) is 1. The summed E-state index contributed by atoms with van der Waals surface area (Å²) in [6, 6.07) is 8.53. The smallest absolute Gasteiger partial charge is 0.0796 e. The van der Waals surface area contributed by atoms with Gasteiger partial charge in [-0.25, -0.2) is 0 Å². The summed E-state index contributed by atoms with van der Waals surface area (Å²) in [4.78, 5) is 10.3. The van der Waals surface area contributed by atoms with Crippen LogP contribution in [0.2, 0.25) is 0 Å². The van der Waals surface area contributed by atoms with E-state index in [1.54, 1.807) is 24.3 Å². The zero-order chi connectivity index (χ0) is 6.69. The molecule has 1 aromatic rings. The van der Waals surface area contributed by atoms with Crippen molar-refractivity contribution in [2.24, 2.45) is 0 Å². The Labute approximate surface area is 92.8 Å². The molecule has 1 radical (unpaired) electrons. The van der Waals surface area contributed by atoms with Gasteiger partial charge in [0, 0.05) is 41.3 Å². The molecule has 1 rings (SSSR count). The molecule has 0 aromatic heterocycles. The maximum atomic E-state index is 10.3. The van der Waals surface area contributed by atoms with Crippen LogP contribution in [0.25, 0.3) is 5.73 Å². The van der Waals surface area contributed by atoms with Gasteiger partial charge in [0.25, 0.3) is 0 Å². The Morgan fingerprint density at radius 1 is 1.20 bits per heavy atom. The molecule has 0 aliphatic rings. The third-order valence-electron chi connectivity index (χ3n) is 1.04. The molecular formula is C7H6NOPr-. The zero-order valence-electron chi connectivity index (χ0n) is 5.37. The van der Waals surface area contributed by atoms with Gasteiger partial charge >= 0.3 is 0 Å². The summed E-state index contributed by atoms with van der Waals surface area (Å²) in [5.41, 5.74) is 7.12. The van der Waals surface area contributed by atoms with Crippen molar-refractivity contribution in [2.45, 2.75) is 0 Å². The van der Waals surface area contributed by atoms with Crippen molar-refractivity contribution in [2.75, 3.05) is 0 Å². The number of carbonyl (C=O) groups is 1. The van der Waals surface area contributed by atoms with Crippen LogP contribution >= 0.6 is 0 Å². The molecule has 0 saturated heterocycles. The molecule has 3 heteroatoms. The monoisotopic (exact) mass is 261 g/mol. The molecule has 0 fully saturated rings. The molecule has 1 N–H and O–H groups in total. The number of nitrogens with one attached hydrogen (secondary N) is 1. The van der Waals surface area contributed by atoms with Crippen molar-refractivity contribution in [3.63, 3.8) is 0 Å². The molecule has 1 amide bonds. The van der Waals surface area contributed by atoms with Gasteiger partial charge in [-0.2, -0.15) is 0 Å². The second kappa shape index (κ2) is 4.81. The van der Waals surface area contributed by atoms with Gasteiger partial charge in [0.15, 0.2) is 0 Å². The summed E-state index contributed by atoms with van der Waals surface area (Å²) in [7, 11) is 0. The van der Waals surface area contributed by atoms with Crippen molar-refractivity contribution < 1.29 is 46.1 Å². The Kier molecular flexibility index (Phi) is 4.83. The van der Waals surface area contributed by atoms with Gasteiger partial charge in [0.1, 0.15) is 0 Å². The third-order valence-corrected chi connectivity index (χ3v) is 1.04. The summed E-state index contributed by atoms with van der Waals surface area (Å²) < 4.78 is 0. The normalized spacial score (nSPS) is 8.00. The first kappa shape index (κ1) is 10.1. The molecule has 0 heterocycles. The van der Waals surface area contributed by atoms with E-state index in [4.69, 9.17) is 5.73 Å². The second-order valence-corrected chi connectivity index (χ2v) is 1.70. The Morgan fingerprint density at radius 3 is 2.00 bits per heavy atom. The Bertz CT molecular complexity index is 210. The maximum absolute atomic E-state index is 10.3. The third kappa shape index (κ3) is 2.76. The Morgan fingerprint density at radius 2 is 1.70 bits per heavy atom. The number of carbonyl (C=O) groups excluding carboxylic acids is 1. The van der Waals surface area contributed by atoms with Gasteiger partial charge < -0.3 is 10.5 Å². The first-order chi connectivity index (χ1) is 4.30. The number of amides is 1. The summed E-state index contributed by atoms with van der Waals surface area (Å²) in [6.45, 7) is 0. The summed E-state index contributed by atoms with van der Waals surface area (Å²) in [6.07, 6.45) is 0. The van der Waals surface area contributed by atoms with E-state index in [0.29, 0.717) is 5.56 Å². The zero-order valence-corrected chi connectivity index (χ0v) is 9.08. The van der Waals surface area contributed by atoms with E-state index in [1.807, 2.05) is 6.07 Å². The molecule has 0 saturated carbocycles. The fraction of sp³-hybridized carbons (Fsp3) is 0. The molecule has 0 aliphatic heterocycles. The van der Waals surface area contributed by atoms with Crippen LogP contribution in [-0.4, -0.2) is 5.91 Å². The molecule has 10 heavy (non-hydrogen) atoms. The van der Waals surface area contributed by atoms with Crippen molar-refractivity contribution in [3.8, 4) is 0 Å².